The zero-order chi connectivity index (χ0) is 21.8. The summed E-state index contributed by atoms with van der Waals surface area (Å²) in [5, 5.41) is 0. The van der Waals surface area contributed by atoms with E-state index < -0.39 is 11.6 Å². The molecule has 31 heavy (non-hydrogen) atoms. The van der Waals surface area contributed by atoms with Gasteiger partial charge in [0.2, 0.25) is 5.82 Å². The molecule has 0 saturated heterocycles. The molecule has 170 valence electrons. The third-order valence-corrected chi connectivity index (χ3v) is 8.56. The standard InChI is InChI=1S/C28H38F2O/c1-3-5-16-31-26-15-14-25(27(29)28(26)30)24-13-12-22-17-21(10-11-23(22)18-24)20-8-6-19(4-2)7-9-20/h3-5,14-15,19-24H,2,6-13,16-18H2,1H3/b5-3+. The van der Waals surface area contributed by atoms with Crippen molar-refractivity contribution in [2.75, 3.05) is 6.61 Å². The topological polar surface area (TPSA) is 9.23 Å². The van der Waals surface area contributed by atoms with Crippen LogP contribution in [0.15, 0.2) is 36.9 Å². The van der Waals surface area contributed by atoms with Crippen LogP contribution >= 0.6 is 0 Å². The Hall–Kier alpha value is -1.64. The van der Waals surface area contributed by atoms with E-state index in [1.165, 1.54) is 44.9 Å². The van der Waals surface area contributed by atoms with Gasteiger partial charge in [0.15, 0.2) is 11.6 Å². The first kappa shape index (κ1) is 22.6. The summed E-state index contributed by atoms with van der Waals surface area (Å²) < 4.78 is 34.8. The largest absolute Gasteiger partial charge is 0.486 e. The first-order valence-electron chi connectivity index (χ1n) is 12.4. The molecule has 3 heteroatoms. The third kappa shape index (κ3) is 5.07. The zero-order valence-corrected chi connectivity index (χ0v) is 19.0. The summed E-state index contributed by atoms with van der Waals surface area (Å²) in [5.74, 6) is 2.59. The zero-order valence-electron chi connectivity index (χ0n) is 19.0. The van der Waals surface area contributed by atoms with Crippen LogP contribution < -0.4 is 4.74 Å². The van der Waals surface area contributed by atoms with Crippen LogP contribution in [0.25, 0.3) is 0 Å². The molecule has 3 aliphatic carbocycles. The molecule has 0 aliphatic heterocycles. The van der Waals surface area contributed by atoms with Crippen LogP contribution in [-0.4, -0.2) is 6.61 Å². The SMILES string of the molecule is C=CC1CCC(C2CCC3CC(c4ccc(OC/C=C/C)c(F)c4F)CCC3C2)CC1. The Balaban J connectivity index is 1.35. The van der Waals surface area contributed by atoms with E-state index in [0.29, 0.717) is 11.5 Å². The lowest BCUT2D eigenvalue weighted by molar-refractivity contribution is 0.0743. The highest BCUT2D eigenvalue weighted by molar-refractivity contribution is 5.33. The maximum atomic E-state index is 14.9. The van der Waals surface area contributed by atoms with E-state index in [-0.39, 0.29) is 18.3 Å². The van der Waals surface area contributed by atoms with E-state index >= 15 is 0 Å². The molecular formula is C28H38F2O. The minimum Gasteiger partial charge on any atom is -0.486 e. The predicted octanol–water partition coefficient (Wildman–Crippen LogP) is 8.21. The molecule has 0 aromatic heterocycles. The minimum atomic E-state index is -0.831. The summed E-state index contributed by atoms with van der Waals surface area (Å²) in [6, 6.07) is 3.37. The molecule has 0 amide bonds. The second-order valence-corrected chi connectivity index (χ2v) is 10.2. The summed E-state index contributed by atoms with van der Waals surface area (Å²) in [5.41, 5.74) is 0.555. The molecule has 4 rings (SSSR count). The highest BCUT2D eigenvalue weighted by atomic mass is 19.2. The fraction of sp³-hybridized carbons (Fsp3) is 0.643. The van der Waals surface area contributed by atoms with Crippen LogP contribution in [0.5, 0.6) is 5.75 Å². The van der Waals surface area contributed by atoms with Gasteiger partial charge in [-0.1, -0.05) is 24.3 Å². The maximum Gasteiger partial charge on any atom is 0.200 e. The number of allylic oxidation sites excluding steroid dienone is 2. The highest BCUT2D eigenvalue weighted by Gasteiger charge is 2.39. The maximum absolute atomic E-state index is 14.9. The van der Waals surface area contributed by atoms with Crippen LogP contribution in [0, 0.1) is 41.2 Å². The Kier molecular flexibility index (Phi) is 7.51. The first-order chi connectivity index (χ1) is 15.1. The van der Waals surface area contributed by atoms with Crippen LogP contribution in [-0.2, 0) is 0 Å². The van der Waals surface area contributed by atoms with Gasteiger partial charge in [-0.2, -0.15) is 4.39 Å². The molecular weight excluding hydrogens is 390 g/mol. The summed E-state index contributed by atoms with van der Waals surface area (Å²) in [7, 11) is 0. The van der Waals surface area contributed by atoms with Gasteiger partial charge in [-0.25, -0.2) is 4.39 Å². The number of hydrogen-bond acceptors (Lipinski definition) is 1. The van der Waals surface area contributed by atoms with Gasteiger partial charge in [0, 0.05) is 0 Å². The Morgan fingerprint density at radius 2 is 1.52 bits per heavy atom. The average molecular weight is 429 g/mol. The third-order valence-electron chi connectivity index (χ3n) is 8.56. The van der Waals surface area contributed by atoms with Gasteiger partial charge in [0.1, 0.15) is 6.61 Å². The van der Waals surface area contributed by atoms with Gasteiger partial charge in [-0.05, 0) is 118 Å². The fourth-order valence-corrected chi connectivity index (χ4v) is 6.70. The number of ether oxygens (including phenoxy) is 1. The number of hydrogen-bond donors (Lipinski definition) is 0. The van der Waals surface area contributed by atoms with Crippen LogP contribution in [0.1, 0.15) is 82.6 Å². The number of halogens is 2. The van der Waals surface area contributed by atoms with Crippen molar-refractivity contribution in [3.8, 4) is 5.75 Å². The minimum absolute atomic E-state index is 0.0136. The fourth-order valence-electron chi connectivity index (χ4n) is 6.70. The Labute approximate surface area is 187 Å². The predicted molar refractivity (Wildman–Crippen MR) is 123 cm³/mol. The molecule has 1 aromatic rings. The van der Waals surface area contributed by atoms with Gasteiger partial charge in [-0.3, -0.25) is 0 Å². The van der Waals surface area contributed by atoms with Crippen molar-refractivity contribution in [1.82, 2.24) is 0 Å². The van der Waals surface area contributed by atoms with Crippen molar-refractivity contribution in [2.24, 2.45) is 29.6 Å². The van der Waals surface area contributed by atoms with E-state index in [1.807, 2.05) is 13.0 Å². The van der Waals surface area contributed by atoms with Crippen molar-refractivity contribution >= 4 is 0 Å². The van der Waals surface area contributed by atoms with Gasteiger partial charge in [-0.15, -0.1) is 6.58 Å². The molecule has 3 fully saturated rings. The molecule has 1 nitrogen and oxygen atoms in total. The Bertz CT molecular complexity index is 777. The van der Waals surface area contributed by atoms with E-state index in [4.69, 9.17) is 4.74 Å². The normalized spacial score (nSPS) is 33.8. The quantitative estimate of drug-likeness (QED) is 0.415. The molecule has 0 heterocycles. The second-order valence-electron chi connectivity index (χ2n) is 10.2. The summed E-state index contributed by atoms with van der Waals surface area (Å²) >= 11 is 0. The molecule has 1 aromatic carbocycles. The van der Waals surface area contributed by atoms with E-state index in [1.54, 1.807) is 18.2 Å². The summed E-state index contributed by atoms with van der Waals surface area (Å²) in [6.45, 7) is 6.12. The lowest BCUT2D eigenvalue weighted by Gasteiger charge is -2.45. The molecule has 0 radical (unpaired) electrons. The molecule has 4 unspecified atom stereocenters. The van der Waals surface area contributed by atoms with Crippen molar-refractivity contribution in [1.29, 1.82) is 0 Å². The Morgan fingerprint density at radius 3 is 2.23 bits per heavy atom. The van der Waals surface area contributed by atoms with Gasteiger partial charge in [0.25, 0.3) is 0 Å². The van der Waals surface area contributed by atoms with E-state index in [9.17, 15) is 8.78 Å². The van der Waals surface area contributed by atoms with E-state index in [2.05, 4.69) is 12.7 Å². The second kappa shape index (κ2) is 10.3. The molecule has 0 spiro atoms. The lowest BCUT2D eigenvalue weighted by atomic mass is 9.60. The molecule has 3 aliphatic rings. The van der Waals surface area contributed by atoms with Gasteiger partial charge < -0.3 is 4.74 Å². The molecule has 0 N–H and O–H groups in total. The molecule has 3 saturated carbocycles. The van der Waals surface area contributed by atoms with Crippen molar-refractivity contribution in [2.45, 2.75) is 77.0 Å². The van der Waals surface area contributed by atoms with Crippen molar-refractivity contribution < 1.29 is 13.5 Å². The number of fused-ring (bicyclic) bond motifs is 1. The van der Waals surface area contributed by atoms with E-state index in [0.717, 1.165) is 42.9 Å². The Morgan fingerprint density at radius 1 is 0.871 bits per heavy atom. The molecule has 4 atom stereocenters. The first-order valence-corrected chi connectivity index (χ1v) is 12.4. The highest BCUT2D eigenvalue weighted by Crippen LogP contribution is 2.51. The van der Waals surface area contributed by atoms with Crippen molar-refractivity contribution in [3.05, 3.63) is 54.1 Å². The van der Waals surface area contributed by atoms with Gasteiger partial charge >= 0.3 is 0 Å². The number of rotatable bonds is 6. The average Bonchev–Trinajstić information content (AvgIpc) is 2.81. The lowest BCUT2D eigenvalue weighted by Crippen LogP contribution is -2.34. The van der Waals surface area contributed by atoms with Crippen molar-refractivity contribution in [3.63, 3.8) is 0 Å². The van der Waals surface area contributed by atoms with Gasteiger partial charge in [0.05, 0.1) is 0 Å². The summed E-state index contributed by atoms with van der Waals surface area (Å²) in [6.07, 6.45) is 18.2. The number of benzene rings is 1. The smallest absolute Gasteiger partial charge is 0.200 e. The monoisotopic (exact) mass is 428 g/mol. The van der Waals surface area contributed by atoms with Crippen LogP contribution in [0.2, 0.25) is 0 Å². The summed E-state index contributed by atoms with van der Waals surface area (Å²) in [4.78, 5) is 0. The van der Waals surface area contributed by atoms with Crippen LogP contribution in [0.4, 0.5) is 8.78 Å². The molecule has 0 bridgehead atoms. The van der Waals surface area contributed by atoms with Crippen LogP contribution in [0.3, 0.4) is 0 Å².